The lowest BCUT2D eigenvalue weighted by Crippen LogP contribution is -2.50. The van der Waals surface area contributed by atoms with Crippen LogP contribution in [0.4, 0.5) is 0 Å². The number of methoxy groups -OCH3 is 1. The molecule has 1 fully saturated rings. The maximum atomic E-state index is 13.1. The highest BCUT2D eigenvalue weighted by molar-refractivity contribution is 6.33. The van der Waals surface area contributed by atoms with E-state index in [4.69, 9.17) is 16.3 Å². The number of piperazine rings is 1. The van der Waals surface area contributed by atoms with Crippen molar-refractivity contribution in [2.75, 3.05) is 33.3 Å². The van der Waals surface area contributed by atoms with Gasteiger partial charge in [0.1, 0.15) is 5.75 Å². The third-order valence-corrected chi connectivity index (χ3v) is 5.54. The normalized spacial score (nSPS) is 14.4. The second-order valence-corrected chi connectivity index (χ2v) is 8.11. The minimum absolute atomic E-state index is 0.128. The average molecular weight is 418 g/mol. The molecule has 2 heterocycles. The summed E-state index contributed by atoms with van der Waals surface area (Å²) < 4.78 is 7.36. The quantitative estimate of drug-likeness (QED) is 0.717. The molecule has 0 unspecified atom stereocenters. The molecule has 0 bridgehead atoms. The molecule has 1 aromatic carbocycles. The van der Waals surface area contributed by atoms with Gasteiger partial charge in [-0.3, -0.25) is 9.59 Å². The van der Waals surface area contributed by atoms with Crippen molar-refractivity contribution in [2.24, 2.45) is 5.92 Å². The molecule has 2 amide bonds. The number of hydrogen-bond acceptors (Lipinski definition) is 3. The molecule has 3 rings (SSSR count). The molecule has 156 valence electrons. The summed E-state index contributed by atoms with van der Waals surface area (Å²) in [6.07, 6.45) is 5.23. The highest BCUT2D eigenvalue weighted by atomic mass is 35.5. The van der Waals surface area contributed by atoms with E-state index in [2.05, 4.69) is 13.8 Å². The van der Waals surface area contributed by atoms with Crippen LogP contribution in [0.5, 0.6) is 5.75 Å². The van der Waals surface area contributed by atoms with Gasteiger partial charge in [-0.25, -0.2) is 0 Å². The van der Waals surface area contributed by atoms with Gasteiger partial charge in [0, 0.05) is 51.1 Å². The molecule has 2 aromatic rings. The molecule has 7 heteroatoms. The summed E-state index contributed by atoms with van der Waals surface area (Å²) in [4.78, 5) is 29.0. The fourth-order valence-corrected chi connectivity index (χ4v) is 3.73. The maximum Gasteiger partial charge on any atom is 0.257 e. The molecule has 1 saturated heterocycles. The first-order valence-corrected chi connectivity index (χ1v) is 10.4. The van der Waals surface area contributed by atoms with E-state index in [0.717, 1.165) is 12.1 Å². The fourth-order valence-electron chi connectivity index (χ4n) is 3.47. The molecule has 6 nitrogen and oxygen atoms in total. The second kappa shape index (κ2) is 9.35. The first-order valence-electron chi connectivity index (χ1n) is 9.98. The van der Waals surface area contributed by atoms with Crippen LogP contribution in [-0.2, 0) is 4.79 Å². The summed E-state index contributed by atoms with van der Waals surface area (Å²) in [6.45, 7) is 6.35. The number of rotatable bonds is 6. The van der Waals surface area contributed by atoms with Crippen LogP contribution in [0.3, 0.4) is 0 Å². The van der Waals surface area contributed by atoms with Crippen LogP contribution in [0.15, 0.2) is 36.7 Å². The number of carbonyl (C=O) groups is 2. The lowest BCUT2D eigenvalue weighted by Gasteiger charge is -2.35. The standard InChI is InChI=1S/C22H28ClN3O3/c1-16(2)6-7-21(27)25-10-12-26(13-11-25)22(28)17-14-18(23)19(15-20(17)29-3)24-8-4-5-9-24/h4-5,8-9,14-16H,6-7,10-13H2,1-3H3. The van der Waals surface area contributed by atoms with Crippen LogP contribution < -0.4 is 4.74 Å². The summed E-state index contributed by atoms with van der Waals surface area (Å²) in [5, 5.41) is 0.479. The number of nitrogens with zero attached hydrogens (tertiary/aromatic N) is 3. The van der Waals surface area contributed by atoms with E-state index in [1.807, 2.05) is 34.0 Å². The molecule has 1 aromatic heterocycles. The van der Waals surface area contributed by atoms with Gasteiger partial charge in [-0.2, -0.15) is 0 Å². The third kappa shape index (κ3) is 4.93. The van der Waals surface area contributed by atoms with E-state index >= 15 is 0 Å². The van der Waals surface area contributed by atoms with Gasteiger partial charge in [0.05, 0.1) is 23.4 Å². The van der Waals surface area contributed by atoms with Gasteiger partial charge < -0.3 is 19.1 Å². The zero-order valence-corrected chi connectivity index (χ0v) is 18.0. The molecular weight excluding hydrogens is 390 g/mol. The zero-order chi connectivity index (χ0) is 21.0. The Morgan fingerprint density at radius 3 is 2.28 bits per heavy atom. The van der Waals surface area contributed by atoms with E-state index in [1.54, 1.807) is 24.1 Å². The van der Waals surface area contributed by atoms with E-state index in [-0.39, 0.29) is 11.8 Å². The third-order valence-electron chi connectivity index (χ3n) is 5.24. The van der Waals surface area contributed by atoms with Gasteiger partial charge in [0.25, 0.3) is 5.91 Å². The Kier molecular flexibility index (Phi) is 6.85. The number of benzene rings is 1. The molecule has 0 atom stereocenters. The smallest absolute Gasteiger partial charge is 0.257 e. The van der Waals surface area contributed by atoms with Crippen LogP contribution >= 0.6 is 11.6 Å². The number of aromatic nitrogens is 1. The largest absolute Gasteiger partial charge is 0.496 e. The van der Waals surface area contributed by atoms with Gasteiger partial charge in [-0.15, -0.1) is 0 Å². The Balaban J connectivity index is 1.70. The molecule has 0 N–H and O–H groups in total. The Bertz CT molecular complexity index is 856. The van der Waals surface area contributed by atoms with Crippen LogP contribution in [0.1, 0.15) is 37.0 Å². The van der Waals surface area contributed by atoms with E-state index in [1.165, 1.54) is 0 Å². The molecule has 0 aliphatic carbocycles. The Labute approximate surface area is 177 Å². The molecule has 1 aliphatic rings. The first-order chi connectivity index (χ1) is 13.9. The predicted octanol–water partition coefficient (Wildman–Crippen LogP) is 3.86. The van der Waals surface area contributed by atoms with Gasteiger partial charge in [0.2, 0.25) is 5.91 Å². The maximum absolute atomic E-state index is 13.1. The molecule has 0 saturated carbocycles. The van der Waals surface area contributed by atoms with Crippen LogP contribution in [0.25, 0.3) is 5.69 Å². The van der Waals surface area contributed by atoms with Crippen molar-refractivity contribution < 1.29 is 14.3 Å². The minimum Gasteiger partial charge on any atom is -0.496 e. The van der Waals surface area contributed by atoms with Crippen LogP contribution in [0.2, 0.25) is 5.02 Å². The van der Waals surface area contributed by atoms with Gasteiger partial charge >= 0.3 is 0 Å². The number of carbonyl (C=O) groups excluding carboxylic acids is 2. The number of halogens is 1. The second-order valence-electron chi connectivity index (χ2n) is 7.70. The zero-order valence-electron chi connectivity index (χ0n) is 17.2. The Morgan fingerprint density at radius 2 is 1.69 bits per heavy atom. The number of hydrogen-bond donors (Lipinski definition) is 0. The SMILES string of the molecule is COc1cc(-n2cccc2)c(Cl)cc1C(=O)N1CCN(C(=O)CCC(C)C)CC1. The molecular formula is C22H28ClN3O3. The topological polar surface area (TPSA) is 54.8 Å². The monoisotopic (exact) mass is 417 g/mol. The van der Waals surface area contributed by atoms with Gasteiger partial charge in [-0.05, 0) is 30.5 Å². The van der Waals surface area contributed by atoms with E-state index in [9.17, 15) is 9.59 Å². The van der Waals surface area contributed by atoms with E-state index in [0.29, 0.717) is 54.9 Å². The highest BCUT2D eigenvalue weighted by Gasteiger charge is 2.27. The van der Waals surface area contributed by atoms with Crippen LogP contribution in [0, 0.1) is 5.92 Å². The fraction of sp³-hybridized carbons (Fsp3) is 0.455. The van der Waals surface area contributed by atoms with Crippen molar-refractivity contribution in [3.05, 3.63) is 47.2 Å². The number of ether oxygens (including phenoxy) is 1. The summed E-state index contributed by atoms with van der Waals surface area (Å²) in [6, 6.07) is 7.26. The van der Waals surface area contributed by atoms with Crippen LogP contribution in [-0.4, -0.2) is 59.5 Å². The Morgan fingerprint density at radius 1 is 1.07 bits per heavy atom. The summed E-state index contributed by atoms with van der Waals surface area (Å²) in [5.74, 6) is 1.03. The minimum atomic E-state index is -0.128. The van der Waals surface area contributed by atoms with E-state index < -0.39 is 0 Å². The van der Waals surface area contributed by atoms with Crippen molar-refractivity contribution in [1.29, 1.82) is 0 Å². The predicted molar refractivity (Wildman–Crippen MR) is 114 cm³/mol. The summed E-state index contributed by atoms with van der Waals surface area (Å²) in [7, 11) is 1.55. The molecule has 0 spiro atoms. The van der Waals surface area contributed by atoms with Crippen molar-refractivity contribution in [2.45, 2.75) is 26.7 Å². The number of amides is 2. The molecule has 29 heavy (non-hydrogen) atoms. The first kappa shape index (κ1) is 21.2. The average Bonchev–Trinajstić information content (AvgIpc) is 3.26. The Hall–Kier alpha value is -2.47. The lowest BCUT2D eigenvalue weighted by atomic mass is 10.1. The summed E-state index contributed by atoms with van der Waals surface area (Å²) >= 11 is 6.46. The lowest BCUT2D eigenvalue weighted by molar-refractivity contribution is -0.132. The van der Waals surface area contributed by atoms with Crippen molar-refractivity contribution >= 4 is 23.4 Å². The van der Waals surface area contributed by atoms with Crippen molar-refractivity contribution in [1.82, 2.24) is 14.4 Å². The van der Waals surface area contributed by atoms with Crippen molar-refractivity contribution in [3.63, 3.8) is 0 Å². The highest BCUT2D eigenvalue weighted by Crippen LogP contribution is 2.31. The molecule has 0 radical (unpaired) electrons. The van der Waals surface area contributed by atoms with Gasteiger partial charge in [0.15, 0.2) is 0 Å². The van der Waals surface area contributed by atoms with Gasteiger partial charge in [-0.1, -0.05) is 25.4 Å². The van der Waals surface area contributed by atoms with Crippen molar-refractivity contribution in [3.8, 4) is 11.4 Å². The summed E-state index contributed by atoms with van der Waals surface area (Å²) in [5.41, 5.74) is 1.19. The molecule has 1 aliphatic heterocycles.